The van der Waals surface area contributed by atoms with Gasteiger partial charge in [-0.05, 0) is 73.7 Å². The van der Waals surface area contributed by atoms with E-state index in [0.29, 0.717) is 11.5 Å². The van der Waals surface area contributed by atoms with Crippen LogP contribution in [0, 0.1) is 34.5 Å². The van der Waals surface area contributed by atoms with Gasteiger partial charge in [0.1, 0.15) is 6.04 Å². The van der Waals surface area contributed by atoms with E-state index in [4.69, 9.17) is 4.74 Å². The number of fused-ring (bicyclic) bond motifs is 5. The van der Waals surface area contributed by atoms with Crippen molar-refractivity contribution in [3.63, 3.8) is 0 Å². The number of likely N-dealkylation sites (tertiary alicyclic amines) is 1. The van der Waals surface area contributed by atoms with Gasteiger partial charge in [0.15, 0.2) is 6.10 Å². The van der Waals surface area contributed by atoms with Crippen LogP contribution in [0.25, 0.3) is 0 Å². The minimum Gasteiger partial charge on any atom is -0.456 e. The molecular weight excluding hydrogens is 382 g/mol. The van der Waals surface area contributed by atoms with Crippen molar-refractivity contribution in [2.24, 2.45) is 34.5 Å². The summed E-state index contributed by atoms with van der Waals surface area (Å²) in [5, 5.41) is 0. The maximum Gasteiger partial charge on any atom is 0.303 e. The smallest absolute Gasteiger partial charge is 0.303 e. The Bertz CT molecular complexity index is 712. The van der Waals surface area contributed by atoms with E-state index < -0.39 is 0 Å². The molecule has 1 heterocycles. The summed E-state index contributed by atoms with van der Waals surface area (Å²) in [6, 6.07) is 0.468. The number of esters is 1. The minimum atomic E-state index is -0.0714. The molecule has 0 amide bonds. The first-order valence-corrected chi connectivity index (χ1v) is 13.5. The zero-order valence-corrected chi connectivity index (χ0v) is 20.4. The van der Waals surface area contributed by atoms with Crippen LogP contribution < -0.4 is 0 Å². The van der Waals surface area contributed by atoms with E-state index in [2.05, 4.69) is 26.5 Å². The Kier molecular flexibility index (Phi) is 5.59. The van der Waals surface area contributed by atoms with Crippen LogP contribution in [0.2, 0.25) is 0 Å². The quantitative estimate of drug-likeness (QED) is 0.306. The Hall–Kier alpha value is -0.830. The van der Waals surface area contributed by atoms with Gasteiger partial charge in [-0.15, -0.1) is 0 Å². The van der Waals surface area contributed by atoms with Crippen molar-refractivity contribution in [2.75, 3.05) is 19.6 Å². The molecule has 4 aliphatic carbocycles. The van der Waals surface area contributed by atoms with Crippen molar-refractivity contribution in [2.45, 2.75) is 104 Å². The Morgan fingerprint density at radius 2 is 1.77 bits per heavy atom. The molecule has 0 aromatic heterocycles. The summed E-state index contributed by atoms with van der Waals surface area (Å²) in [5.41, 5.74) is 0.725. The molecule has 174 valence electrons. The van der Waals surface area contributed by atoms with Gasteiger partial charge in [-0.2, -0.15) is 0 Å². The minimum absolute atomic E-state index is 0.0714. The lowest BCUT2D eigenvalue weighted by Crippen LogP contribution is -2.59. The van der Waals surface area contributed by atoms with E-state index >= 15 is 0 Å². The molecule has 3 nitrogen and oxygen atoms in total. The van der Waals surface area contributed by atoms with Crippen LogP contribution >= 0.6 is 0 Å². The van der Waals surface area contributed by atoms with Crippen molar-refractivity contribution < 1.29 is 14.0 Å². The summed E-state index contributed by atoms with van der Waals surface area (Å²) in [6.07, 6.45) is 17.4. The molecule has 0 unspecified atom stereocenters. The predicted molar refractivity (Wildman–Crippen MR) is 125 cm³/mol. The summed E-state index contributed by atoms with van der Waals surface area (Å²) in [6.45, 7) is 14.5. The molecular formula is C28H46NO2+. The van der Waals surface area contributed by atoms with Crippen LogP contribution in [-0.4, -0.2) is 42.2 Å². The lowest BCUT2D eigenvalue weighted by molar-refractivity contribution is -0.937. The summed E-state index contributed by atoms with van der Waals surface area (Å²) in [4.78, 5) is 12.3. The average molecular weight is 429 g/mol. The highest BCUT2D eigenvalue weighted by atomic mass is 16.5. The number of nitrogens with zero attached hydrogens (tertiary/aromatic N) is 1. The van der Waals surface area contributed by atoms with Crippen molar-refractivity contribution in [1.82, 2.24) is 0 Å². The molecule has 1 saturated heterocycles. The van der Waals surface area contributed by atoms with Crippen LogP contribution in [0.4, 0.5) is 0 Å². The first-order valence-electron chi connectivity index (χ1n) is 13.5. The van der Waals surface area contributed by atoms with Crippen molar-refractivity contribution >= 4 is 5.97 Å². The van der Waals surface area contributed by atoms with E-state index in [1.54, 1.807) is 6.92 Å². The highest BCUT2D eigenvalue weighted by molar-refractivity contribution is 5.66. The number of quaternary nitrogens is 1. The van der Waals surface area contributed by atoms with Gasteiger partial charge in [0.2, 0.25) is 0 Å². The number of ether oxygens (including phenoxy) is 1. The Labute approximate surface area is 190 Å². The topological polar surface area (TPSA) is 26.3 Å². The molecule has 0 spiro atoms. The fraction of sp³-hybridized carbons (Fsp3) is 0.893. The summed E-state index contributed by atoms with van der Waals surface area (Å²) in [5.74, 6) is 3.35. The maximum atomic E-state index is 12.3. The van der Waals surface area contributed by atoms with Gasteiger partial charge in [0, 0.05) is 31.6 Å². The van der Waals surface area contributed by atoms with Gasteiger partial charge in [-0.25, -0.2) is 0 Å². The second kappa shape index (κ2) is 7.89. The van der Waals surface area contributed by atoms with Gasteiger partial charge in [0.05, 0.1) is 19.6 Å². The van der Waals surface area contributed by atoms with Crippen molar-refractivity contribution in [3.8, 4) is 0 Å². The fourth-order valence-electron chi connectivity index (χ4n) is 10.0. The zero-order chi connectivity index (χ0) is 21.9. The molecule has 4 saturated carbocycles. The molecule has 5 fully saturated rings. The van der Waals surface area contributed by atoms with E-state index in [-0.39, 0.29) is 17.5 Å². The zero-order valence-electron chi connectivity index (χ0n) is 20.4. The number of hydrogen-bond donors (Lipinski definition) is 0. The van der Waals surface area contributed by atoms with E-state index in [0.717, 1.165) is 34.7 Å². The number of carbonyl (C=O) groups is 1. The van der Waals surface area contributed by atoms with Gasteiger partial charge in [-0.3, -0.25) is 4.79 Å². The predicted octanol–water partition coefficient (Wildman–Crippen LogP) is 6.13. The molecule has 0 aromatic carbocycles. The summed E-state index contributed by atoms with van der Waals surface area (Å²) >= 11 is 0. The standard InChI is InChI=1S/C28H46NO2/c1-5-16-29(17-8-9-18-29)25-19-24-22-12-11-21-10-6-7-14-27(21,3)23(22)13-15-28(24,4)26(25)31-20(2)30/h5,21-26H,1,6-19H2,2-4H3/q+1/t21-,22-,23+,24+,25+,26+,27+,28+/m1/s1. The number of carbonyl (C=O) groups excluding carboxylic acids is 1. The van der Waals surface area contributed by atoms with Crippen molar-refractivity contribution in [3.05, 3.63) is 12.7 Å². The first kappa shape index (κ1) is 22.0. The Morgan fingerprint density at radius 3 is 2.48 bits per heavy atom. The van der Waals surface area contributed by atoms with Gasteiger partial charge in [-0.1, -0.05) is 33.3 Å². The highest BCUT2D eigenvalue weighted by Gasteiger charge is 2.66. The van der Waals surface area contributed by atoms with Crippen LogP contribution in [0.3, 0.4) is 0 Å². The third-order valence-electron chi connectivity index (χ3n) is 11.5. The third-order valence-corrected chi connectivity index (χ3v) is 11.5. The van der Waals surface area contributed by atoms with Crippen LogP contribution in [-0.2, 0) is 9.53 Å². The molecule has 0 radical (unpaired) electrons. The summed E-state index contributed by atoms with van der Waals surface area (Å²) in [7, 11) is 0. The monoisotopic (exact) mass is 428 g/mol. The molecule has 5 aliphatic rings. The first-order chi connectivity index (χ1) is 14.8. The fourth-order valence-corrected chi connectivity index (χ4v) is 10.0. The number of rotatable bonds is 4. The normalized spacial score (nSPS) is 48.4. The van der Waals surface area contributed by atoms with Gasteiger partial charge >= 0.3 is 5.97 Å². The van der Waals surface area contributed by atoms with Crippen molar-refractivity contribution in [1.29, 1.82) is 0 Å². The van der Waals surface area contributed by atoms with Gasteiger partial charge in [0.25, 0.3) is 0 Å². The second-order valence-corrected chi connectivity index (χ2v) is 12.6. The van der Waals surface area contributed by atoms with Gasteiger partial charge < -0.3 is 9.22 Å². The lowest BCUT2D eigenvalue weighted by atomic mass is 9.45. The molecule has 3 heteroatoms. The Morgan fingerprint density at radius 1 is 1.00 bits per heavy atom. The van der Waals surface area contributed by atoms with Crippen LogP contribution in [0.15, 0.2) is 12.7 Å². The molecule has 5 rings (SSSR count). The molecule has 1 aliphatic heterocycles. The third kappa shape index (κ3) is 3.27. The molecule has 0 aromatic rings. The summed E-state index contributed by atoms with van der Waals surface area (Å²) < 4.78 is 7.43. The van der Waals surface area contributed by atoms with E-state index in [9.17, 15) is 4.79 Å². The number of hydrogen-bond acceptors (Lipinski definition) is 2. The Balaban J connectivity index is 1.50. The highest BCUT2D eigenvalue weighted by Crippen LogP contribution is 2.67. The lowest BCUT2D eigenvalue weighted by Gasteiger charge is -2.60. The average Bonchev–Trinajstić information content (AvgIpc) is 3.31. The molecule has 31 heavy (non-hydrogen) atoms. The van der Waals surface area contributed by atoms with E-state index in [1.807, 2.05) is 0 Å². The van der Waals surface area contributed by atoms with Crippen LogP contribution in [0.1, 0.15) is 91.4 Å². The second-order valence-electron chi connectivity index (χ2n) is 12.6. The molecule has 0 bridgehead atoms. The largest absolute Gasteiger partial charge is 0.456 e. The van der Waals surface area contributed by atoms with Crippen LogP contribution in [0.5, 0.6) is 0 Å². The molecule has 0 N–H and O–H groups in total. The maximum absolute atomic E-state index is 12.3. The van der Waals surface area contributed by atoms with E-state index in [1.165, 1.54) is 83.7 Å². The molecule has 8 atom stereocenters. The SMILES string of the molecule is C=CC[N+]1([C@H]2C[C@H]3[C@@H]4CC[C@H]5CCCC[C@]5(C)[C@H]4CC[C@]3(C)[C@H]2OC(C)=O)CCCC1.